The lowest BCUT2D eigenvalue weighted by Gasteiger charge is -2.14. The highest BCUT2D eigenvalue weighted by Crippen LogP contribution is 2.49. The molecule has 0 amide bonds. The van der Waals surface area contributed by atoms with E-state index in [1.807, 2.05) is 0 Å². The van der Waals surface area contributed by atoms with Gasteiger partial charge >= 0.3 is 0 Å². The zero-order chi connectivity index (χ0) is 20.7. The van der Waals surface area contributed by atoms with Crippen molar-refractivity contribution >= 4 is 74.9 Å². The van der Waals surface area contributed by atoms with E-state index in [2.05, 4.69) is 117 Å². The summed E-state index contributed by atoms with van der Waals surface area (Å²) in [6, 6.07) is 31.3. The lowest BCUT2D eigenvalue weighted by Crippen LogP contribution is -1.88. The lowest BCUT2D eigenvalue weighted by atomic mass is 9.91. The number of fused-ring (bicyclic) bond motifs is 9. The molecule has 2 heteroatoms. The molecule has 1 aliphatic rings. The normalized spacial score (nSPS) is 12.7. The third-order valence-corrected chi connectivity index (χ3v) is 8.01. The van der Waals surface area contributed by atoms with Crippen LogP contribution in [0, 0.1) is 0 Å². The van der Waals surface area contributed by atoms with Gasteiger partial charge in [0.15, 0.2) is 0 Å². The Morgan fingerprint density at radius 3 is 1.19 bits per heavy atom. The molecule has 0 bridgehead atoms. The fraction of sp³-hybridized carbons (Fsp3) is 0.0345. The van der Waals surface area contributed by atoms with Crippen LogP contribution in [0.1, 0.15) is 11.1 Å². The first-order valence-corrected chi connectivity index (χ1v) is 12.0. The zero-order valence-corrected chi connectivity index (χ0v) is 19.7. The molecule has 0 aromatic heterocycles. The van der Waals surface area contributed by atoms with Gasteiger partial charge in [0.1, 0.15) is 0 Å². The van der Waals surface area contributed by atoms with Crippen LogP contribution >= 0.6 is 31.9 Å². The van der Waals surface area contributed by atoms with Crippen LogP contribution in [0.25, 0.3) is 54.2 Å². The van der Waals surface area contributed by atoms with Crippen molar-refractivity contribution in [1.82, 2.24) is 0 Å². The summed E-state index contributed by atoms with van der Waals surface area (Å²) in [5.41, 5.74) is 5.59. The van der Waals surface area contributed by atoms with E-state index >= 15 is 0 Å². The van der Waals surface area contributed by atoms with Crippen molar-refractivity contribution in [1.29, 1.82) is 0 Å². The van der Waals surface area contributed by atoms with E-state index in [1.165, 1.54) is 74.3 Å². The summed E-state index contributed by atoms with van der Waals surface area (Å²) in [4.78, 5) is 0. The van der Waals surface area contributed by atoms with Crippen molar-refractivity contribution in [3.63, 3.8) is 0 Å². The number of hydrogen-bond acceptors (Lipinski definition) is 0. The van der Waals surface area contributed by atoms with Crippen molar-refractivity contribution in [3.05, 3.63) is 105 Å². The van der Waals surface area contributed by atoms with Gasteiger partial charge in [-0.2, -0.15) is 0 Å². The third-order valence-electron chi connectivity index (χ3n) is 6.70. The monoisotopic (exact) mass is 522 g/mol. The molecule has 0 aliphatic heterocycles. The maximum atomic E-state index is 3.87. The highest BCUT2D eigenvalue weighted by atomic mass is 79.9. The molecule has 6 aromatic rings. The molecule has 0 saturated heterocycles. The van der Waals surface area contributed by atoms with Gasteiger partial charge in [-0.3, -0.25) is 0 Å². The van der Waals surface area contributed by atoms with E-state index in [0.29, 0.717) is 0 Å². The molecular formula is C29H16Br2. The molecule has 0 heterocycles. The summed E-state index contributed by atoms with van der Waals surface area (Å²) in [5, 5.41) is 10.4. The predicted molar refractivity (Wildman–Crippen MR) is 140 cm³/mol. The van der Waals surface area contributed by atoms with Gasteiger partial charge in [-0.1, -0.05) is 80.4 Å². The highest BCUT2D eigenvalue weighted by Gasteiger charge is 2.25. The summed E-state index contributed by atoms with van der Waals surface area (Å²) in [7, 11) is 0. The zero-order valence-electron chi connectivity index (χ0n) is 16.5. The van der Waals surface area contributed by atoms with Gasteiger partial charge in [0.05, 0.1) is 0 Å². The second-order valence-corrected chi connectivity index (χ2v) is 10.2. The van der Waals surface area contributed by atoms with E-state index in [4.69, 9.17) is 0 Å². The van der Waals surface area contributed by atoms with Crippen molar-refractivity contribution in [3.8, 4) is 11.1 Å². The summed E-state index contributed by atoms with van der Waals surface area (Å²) in [6.07, 6.45) is 0.966. The van der Waals surface area contributed by atoms with Crippen LogP contribution in [0.4, 0.5) is 0 Å². The fourth-order valence-electron chi connectivity index (χ4n) is 5.32. The van der Waals surface area contributed by atoms with Crippen LogP contribution in [-0.4, -0.2) is 0 Å². The Kier molecular flexibility index (Phi) is 3.71. The van der Waals surface area contributed by atoms with E-state index in [-0.39, 0.29) is 0 Å². The summed E-state index contributed by atoms with van der Waals surface area (Å²) >= 11 is 7.74. The Morgan fingerprint density at radius 1 is 0.452 bits per heavy atom. The Bertz CT molecular complexity index is 1600. The van der Waals surface area contributed by atoms with Gasteiger partial charge in [0.25, 0.3) is 0 Å². The van der Waals surface area contributed by atoms with E-state index in [1.54, 1.807) is 0 Å². The van der Waals surface area contributed by atoms with Gasteiger partial charge in [0.2, 0.25) is 0 Å². The smallest absolute Gasteiger partial charge is 0.0257 e. The molecule has 31 heavy (non-hydrogen) atoms. The van der Waals surface area contributed by atoms with Crippen LogP contribution in [0.3, 0.4) is 0 Å². The second-order valence-electron chi connectivity index (χ2n) is 8.45. The van der Waals surface area contributed by atoms with Crippen LogP contribution in [-0.2, 0) is 6.42 Å². The van der Waals surface area contributed by atoms with Gasteiger partial charge in [-0.15, -0.1) is 0 Å². The third kappa shape index (κ3) is 2.52. The minimum atomic E-state index is 0.966. The van der Waals surface area contributed by atoms with E-state index in [9.17, 15) is 0 Å². The average molecular weight is 524 g/mol. The Hall–Kier alpha value is -2.68. The molecule has 0 N–H and O–H groups in total. The van der Waals surface area contributed by atoms with Crippen LogP contribution in [0.2, 0.25) is 0 Å². The average Bonchev–Trinajstić information content (AvgIpc) is 3.15. The molecule has 6 aromatic carbocycles. The minimum Gasteiger partial charge on any atom is -0.0616 e. The van der Waals surface area contributed by atoms with Crippen molar-refractivity contribution in [2.75, 3.05) is 0 Å². The molecule has 0 unspecified atom stereocenters. The number of hydrogen-bond donors (Lipinski definition) is 0. The predicted octanol–water partition coefficient (Wildman–Crippen LogP) is 9.40. The largest absolute Gasteiger partial charge is 0.0616 e. The molecule has 7 rings (SSSR count). The second kappa shape index (κ2) is 6.41. The molecule has 0 spiro atoms. The van der Waals surface area contributed by atoms with Crippen LogP contribution < -0.4 is 0 Å². The minimum absolute atomic E-state index is 0.966. The molecule has 1 aliphatic carbocycles. The maximum absolute atomic E-state index is 3.87. The first-order valence-electron chi connectivity index (χ1n) is 10.5. The maximum Gasteiger partial charge on any atom is 0.0257 e. The molecule has 146 valence electrons. The standard InChI is InChI=1S/C29H16Br2/c30-26-14-20-9-21-15-27(31)23-11-17-6-2-4-8-19(17)13-25(23)29(21)28(20)24-12-18-7-3-1-5-16(18)10-22(24)26/h1-8,10-15H,9H2. The van der Waals surface area contributed by atoms with Crippen LogP contribution in [0.15, 0.2) is 93.9 Å². The molecule has 0 nitrogen and oxygen atoms in total. The Labute approximate surface area is 196 Å². The molecule has 0 saturated carbocycles. The van der Waals surface area contributed by atoms with Crippen molar-refractivity contribution in [2.24, 2.45) is 0 Å². The van der Waals surface area contributed by atoms with E-state index in [0.717, 1.165) is 6.42 Å². The van der Waals surface area contributed by atoms with Crippen molar-refractivity contribution < 1.29 is 0 Å². The van der Waals surface area contributed by atoms with Crippen molar-refractivity contribution in [2.45, 2.75) is 6.42 Å². The quantitative estimate of drug-likeness (QED) is 0.174. The fourth-order valence-corrected chi connectivity index (χ4v) is 6.52. The van der Waals surface area contributed by atoms with Crippen LogP contribution in [0.5, 0.6) is 0 Å². The van der Waals surface area contributed by atoms with Gasteiger partial charge in [-0.05, 0) is 108 Å². The molecule has 0 fully saturated rings. The molecular weight excluding hydrogens is 508 g/mol. The Balaban J connectivity index is 1.67. The summed E-state index contributed by atoms with van der Waals surface area (Å²) < 4.78 is 2.35. The summed E-state index contributed by atoms with van der Waals surface area (Å²) in [5.74, 6) is 0. The molecule has 0 radical (unpaired) electrons. The van der Waals surface area contributed by atoms with Gasteiger partial charge in [-0.25, -0.2) is 0 Å². The SMILES string of the molecule is Brc1cc2c(c3cc4ccccc4cc13)-c1c(cc(Br)c3cc4ccccc4cc13)C2. The van der Waals surface area contributed by atoms with Gasteiger partial charge in [0, 0.05) is 8.95 Å². The van der Waals surface area contributed by atoms with E-state index < -0.39 is 0 Å². The topological polar surface area (TPSA) is 0 Å². The number of rotatable bonds is 0. The Morgan fingerprint density at radius 2 is 0.806 bits per heavy atom. The highest BCUT2D eigenvalue weighted by molar-refractivity contribution is 9.11. The lowest BCUT2D eigenvalue weighted by molar-refractivity contribution is 1.26. The first-order chi connectivity index (χ1) is 15.2. The first kappa shape index (κ1) is 17.9. The number of benzene rings is 6. The van der Waals surface area contributed by atoms with Gasteiger partial charge < -0.3 is 0 Å². The molecule has 0 atom stereocenters. The summed E-state index contributed by atoms with van der Waals surface area (Å²) in [6.45, 7) is 0. The number of halogens is 2.